The highest BCUT2D eigenvalue weighted by Crippen LogP contribution is 2.21. The van der Waals surface area contributed by atoms with Crippen LogP contribution in [0.25, 0.3) is 0 Å². The second-order valence-corrected chi connectivity index (χ2v) is 5.62. The van der Waals surface area contributed by atoms with Gasteiger partial charge in [-0.25, -0.2) is 10.4 Å². The largest absolute Gasteiger partial charge is 0.326 e. The van der Waals surface area contributed by atoms with Crippen LogP contribution in [0.5, 0.6) is 0 Å². The fourth-order valence-corrected chi connectivity index (χ4v) is 2.61. The van der Waals surface area contributed by atoms with E-state index in [0.717, 1.165) is 5.69 Å². The fraction of sp³-hybridized carbons (Fsp3) is 0.176. The summed E-state index contributed by atoms with van der Waals surface area (Å²) in [5.41, 5.74) is 4.12. The first-order valence-corrected chi connectivity index (χ1v) is 7.71. The molecule has 8 heteroatoms. The number of nitro benzene ring substituents is 1. The smallest absolute Gasteiger partial charge is 0.269 e. The van der Waals surface area contributed by atoms with Crippen molar-refractivity contribution in [3.05, 3.63) is 64.7 Å². The first kappa shape index (κ1) is 16.6. The number of anilines is 2. The Balaban J connectivity index is 1.58. The Morgan fingerprint density at radius 1 is 1.20 bits per heavy atom. The highest BCUT2D eigenvalue weighted by atomic mass is 16.6. The number of hydrogen-bond donors (Lipinski definition) is 2. The first-order valence-electron chi connectivity index (χ1n) is 7.71. The van der Waals surface area contributed by atoms with Crippen molar-refractivity contribution in [1.29, 1.82) is 0 Å². The molecular weight excluding hydrogens is 324 g/mol. The molecule has 1 unspecified atom stereocenters. The lowest BCUT2D eigenvalue weighted by Crippen LogP contribution is -2.34. The summed E-state index contributed by atoms with van der Waals surface area (Å²) < 4.78 is 0. The lowest BCUT2D eigenvalue weighted by molar-refractivity contribution is -0.384. The number of hydrazine groups is 1. The van der Waals surface area contributed by atoms with E-state index in [1.54, 1.807) is 0 Å². The van der Waals surface area contributed by atoms with E-state index in [2.05, 4.69) is 10.7 Å². The van der Waals surface area contributed by atoms with Gasteiger partial charge in [-0.05, 0) is 24.3 Å². The van der Waals surface area contributed by atoms with Crippen molar-refractivity contribution >= 4 is 28.9 Å². The number of benzene rings is 2. The zero-order chi connectivity index (χ0) is 17.8. The molecule has 2 amide bonds. The summed E-state index contributed by atoms with van der Waals surface area (Å²) in [7, 11) is 0. The van der Waals surface area contributed by atoms with Gasteiger partial charge in [0.15, 0.2) is 0 Å². The first-order chi connectivity index (χ1) is 12.0. The SMILES string of the molecule is O=C(CC1CNN(c2ccccc2)C1=O)Nc1ccc([N+](=O)[O-])cc1. The maximum atomic E-state index is 12.4. The molecule has 1 aliphatic heterocycles. The standard InChI is InChI=1S/C17H16N4O4/c22-16(19-13-6-8-15(9-7-13)21(24)25)10-12-11-18-20(17(12)23)14-4-2-1-3-5-14/h1-9,12,18H,10-11H2,(H,19,22). The van der Waals surface area contributed by atoms with Crippen LogP contribution in [0.2, 0.25) is 0 Å². The van der Waals surface area contributed by atoms with Crippen LogP contribution in [-0.2, 0) is 9.59 Å². The van der Waals surface area contributed by atoms with Crippen molar-refractivity contribution in [3.8, 4) is 0 Å². The molecule has 25 heavy (non-hydrogen) atoms. The van der Waals surface area contributed by atoms with E-state index in [1.807, 2.05) is 30.3 Å². The van der Waals surface area contributed by atoms with Gasteiger partial charge in [0.25, 0.3) is 5.69 Å². The molecule has 0 radical (unpaired) electrons. The van der Waals surface area contributed by atoms with E-state index < -0.39 is 10.8 Å². The van der Waals surface area contributed by atoms with E-state index >= 15 is 0 Å². The summed E-state index contributed by atoms with van der Waals surface area (Å²) in [6.45, 7) is 0.376. The van der Waals surface area contributed by atoms with Crippen LogP contribution in [-0.4, -0.2) is 23.3 Å². The van der Waals surface area contributed by atoms with Crippen molar-refractivity contribution in [2.45, 2.75) is 6.42 Å². The lowest BCUT2D eigenvalue weighted by atomic mass is 10.1. The van der Waals surface area contributed by atoms with Crippen LogP contribution in [0.1, 0.15) is 6.42 Å². The van der Waals surface area contributed by atoms with E-state index in [9.17, 15) is 19.7 Å². The molecule has 1 aliphatic rings. The fourth-order valence-electron chi connectivity index (χ4n) is 2.61. The van der Waals surface area contributed by atoms with Crippen LogP contribution < -0.4 is 15.8 Å². The highest BCUT2D eigenvalue weighted by Gasteiger charge is 2.33. The molecule has 3 rings (SSSR count). The molecule has 1 fully saturated rings. The summed E-state index contributed by atoms with van der Waals surface area (Å²) in [5, 5.41) is 14.7. The number of para-hydroxylation sites is 1. The second kappa shape index (κ2) is 7.10. The highest BCUT2D eigenvalue weighted by molar-refractivity contribution is 6.00. The minimum absolute atomic E-state index is 0.0339. The number of amides is 2. The number of carbonyl (C=O) groups is 2. The van der Waals surface area contributed by atoms with Gasteiger partial charge in [0.05, 0.1) is 16.5 Å². The molecule has 0 aliphatic carbocycles. The van der Waals surface area contributed by atoms with Gasteiger partial charge in [0.1, 0.15) is 0 Å². The van der Waals surface area contributed by atoms with E-state index in [-0.39, 0.29) is 23.9 Å². The normalized spacial score (nSPS) is 16.7. The van der Waals surface area contributed by atoms with E-state index in [0.29, 0.717) is 12.2 Å². The molecule has 2 N–H and O–H groups in total. The Kier molecular flexibility index (Phi) is 4.71. The minimum Gasteiger partial charge on any atom is -0.326 e. The molecule has 0 aromatic heterocycles. The molecule has 8 nitrogen and oxygen atoms in total. The minimum atomic E-state index is -0.507. The van der Waals surface area contributed by atoms with Crippen LogP contribution in [0.15, 0.2) is 54.6 Å². The molecule has 128 valence electrons. The number of carbonyl (C=O) groups excluding carboxylic acids is 2. The van der Waals surface area contributed by atoms with Crippen LogP contribution in [0.3, 0.4) is 0 Å². The van der Waals surface area contributed by atoms with Gasteiger partial charge in [-0.1, -0.05) is 18.2 Å². The average Bonchev–Trinajstić information content (AvgIpc) is 2.96. The Hall–Kier alpha value is -3.26. The second-order valence-electron chi connectivity index (χ2n) is 5.62. The third kappa shape index (κ3) is 3.81. The van der Waals surface area contributed by atoms with Gasteiger partial charge in [-0.2, -0.15) is 0 Å². The Bertz CT molecular complexity index is 792. The van der Waals surface area contributed by atoms with Gasteiger partial charge < -0.3 is 5.32 Å². The maximum absolute atomic E-state index is 12.4. The zero-order valence-electron chi connectivity index (χ0n) is 13.2. The van der Waals surface area contributed by atoms with Gasteiger partial charge in [-0.3, -0.25) is 19.7 Å². The predicted octanol–water partition coefficient (Wildman–Crippen LogP) is 2.09. The van der Waals surface area contributed by atoms with Crippen molar-refractivity contribution in [2.24, 2.45) is 5.92 Å². The molecule has 1 atom stereocenters. The Labute approximate surface area is 143 Å². The van der Waals surface area contributed by atoms with Gasteiger partial charge in [0.2, 0.25) is 11.8 Å². The average molecular weight is 340 g/mol. The van der Waals surface area contributed by atoms with Crippen LogP contribution in [0, 0.1) is 16.0 Å². The number of nitrogens with one attached hydrogen (secondary N) is 2. The predicted molar refractivity (Wildman–Crippen MR) is 91.8 cm³/mol. The van der Waals surface area contributed by atoms with Crippen molar-refractivity contribution in [2.75, 3.05) is 16.9 Å². The summed E-state index contributed by atoms with van der Waals surface area (Å²) in [4.78, 5) is 34.7. The number of hydrogen-bond acceptors (Lipinski definition) is 5. The van der Waals surface area contributed by atoms with Crippen molar-refractivity contribution in [3.63, 3.8) is 0 Å². The molecule has 1 heterocycles. The molecule has 2 aromatic rings. The molecule has 0 spiro atoms. The quantitative estimate of drug-likeness (QED) is 0.640. The third-order valence-corrected chi connectivity index (χ3v) is 3.87. The topological polar surface area (TPSA) is 105 Å². The van der Waals surface area contributed by atoms with Gasteiger partial charge in [-0.15, -0.1) is 0 Å². The molecule has 0 bridgehead atoms. The lowest BCUT2D eigenvalue weighted by Gasteiger charge is -2.16. The monoisotopic (exact) mass is 340 g/mol. The number of nitrogens with zero attached hydrogens (tertiary/aromatic N) is 2. The maximum Gasteiger partial charge on any atom is 0.269 e. The van der Waals surface area contributed by atoms with Gasteiger partial charge in [0, 0.05) is 30.8 Å². The summed E-state index contributed by atoms with van der Waals surface area (Å²) >= 11 is 0. The van der Waals surface area contributed by atoms with E-state index in [4.69, 9.17) is 0 Å². The van der Waals surface area contributed by atoms with Crippen molar-refractivity contribution < 1.29 is 14.5 Å². The third-order valence-electron chi connectivity index (χ3n) is 3.87. The Morgan fingerprint density at radius 3 is 2.52 bits per heavy atom. The molecular formula is C17H16N4O4. The van der Waals surface area contributed by atoms with Crippen molar-refractivity contribution in [1.82, 2.24) is 5.43 Å². The molecule has 2 aromatic carbocycles. The van der Waals surface area contributed by atoms with Gasteiger partial charge >= 0.3 is 0 Å². The number of rotatable bonds is 5. The molecule has 1 saturated heterocycles. The number of non-ortho nitro benzene ring substituents is 1. The summed E-state index contributed by atoms with van der Waals surface area (Å²) in [6, 6.07) is 14.7. The van der Waals surface area contributed by atoms with E-state index in [1.165, 1.54) is 29.3 Å². The zero-order valence-corrected chi connectivity index (χ0v) is 13.2. The summed E-state index contributed by atoms with van der Waals surface area (Å²) in [5.74, 6) is -0.938. The number of nitro groups is 1. The Morgan fingerprint density at radius 2 is 1.88 bits per heavy atom. The summed E-state index contributed by atoms with van der Waals surface area (Å²) in [6.07, 6.45) is 0.0339. The van der Waals surface area contributed by atoms with Crippen LogP contribution in [0.4, 0.5) is 17.1 Å². The van der Waals surface area contributed by atoms with Crippen LogP contribution >= 0.6 is 0 Å². The molecule has 0 saturated carbocycles.